The van der Waals surface area contributed by atoms with Crippen LogP contribution in [0.1, 0.15) is 11.3 Å². The lowest BCUT2D eigenvalue weighted by molar-refractivity contribution is 0.372. The molecule has 1 heterocycles. The summed E-state index contributed by atoms with van der Waals surface area (Å²) in [6.45, 7) is 2.45. The summed E-state index contributed by atoms with van der Waals surface area (Å²) >= 11 is 0. The summed E-state index contributed by atoms with van der Waals surface area (Å²) < 4.78 is 10.4. The Morgan fingerprint density at radius 1 is 1.36 bits per heavy atom. The number of rotatable bonds is 4. The standard InChI is InChI=1S/C10H16N2O2/c1-7-6-9(13-2)8(4-5-11)10(12-7)14-3/h6H,4-5,11H2,1-3H3. The van der Waals surface area contributed by atoms with Gasteiger partial charge in [0, 0.05) is 11.8 Å². The first-order chi connectivity index (χ1) is 6.72. The minimum Gasteiger partial charge on any atom is -0.496 e. The van der Waals surface area contributed by atoms with Gasteiger partial charge in [0.2, 0.25) is 5.88 Å². The molecule has 1 rings (SSSR count). The van der Waals surface area contributed by atoms with Crippen LogP contribution >= 0.6 is 0 Å². The normalized spacial score (nSPS) is 10.0. The van der Waals surface area contributed by atoms with Gasteiger partial charge in [-0.2, -0.15) is 0 Å². The lowest BCUT2D eigenvalue weighted by Gasteiger charge is -2.12. The second-order valence-electron chi connectivity index (χ2n) is 2.99. The van der Waals surface area contributed by atoms with Crippen molar-refractivity contribution in [3.05, 3.63) is 17.3 Å². The van der Waals surface area contributed by atoms with Gasteiger partial charge in [0.1, 0.15) is 5.75 Å². The predicted octanol–water partition coefficient (Wildman–Crippen LogP) is 0.908. The number of hydrogen-bond acceptors (Lipinski definition) is 4. The summed E-state index contributed by atoms with van der Waals surface area (Å²) in [6.07, 6.45) is 0.708. The fourth-order valence-corrected chi connectivity index (χ4v) is 1.37. The molecule has 14 heavy (non-hydrogen) atoms. The van der Waals surface area contributed by atoms with E-state index < -0.39 is 0 Å². The van der Waals surface area contributed by atoms with Crippen LogP contribution in [0.5, 0.6) is 11.6 Å². The molecule has 4 nitrogen and oxygen atoms in total. The highest BCUT2D eigenvalue weighted by atomic mass is 16.5. The third kappa shape index (κ3) is 2.14. The molecule has 2 N–H and O–H groups in total. The molecular weight excluding hydrogens is 180 g/mol. The highest BCUT2D eigenvalue weighted by Gasteiger charge is 2.11. The Balaban J connectivity index is 3.18. The van der Waals surface area contributed by atoms with Gasteiger partial charge < -0.3 is 15.2 Å². The zero-order chi connectivity index (χ0) is 10.6. The zero-order valence-electron chi connectivity index (χ0n) is 8.83. The molecule has 0 aliphatic heterocycles. The fraction of sp³-hybridized carbons (Fsp3) is 0.500. The Kier molecular flexibility index (Phi) is 3.71. The number of ether oxygens (including phenoxy) is 2. The predicted molar refractivity (Wildman–Crippen MR) is 54.8 cm³/mol. The maximum Gasteiger partial charge on any atom is 0.220 e. The van der Waals surface area contributed by atoms with E-state index in [9.17, 15) is 0 Å². The molecule has 0 atom stereocenters. The van der Waals surface area contributed by atoms with Crippen LogP contribution in [-0.2, 0) is 6.42 Å². The van der Waals surface area contributed by atoms with Gasteiger partial charge in [-0.15, -0.1) is 0 Å². The van der Waals surface area contributed by atoms with Gasteiger partial charge in [0.05, 0.1) is 19.8 Å². The van der Waals surface area contributed by atoms with Crippen molar-refractivity contribution in [3.63, 3.8) is 0 Å². The molecule has 4 heteroatoms. The van der Waals surface area contributed by atoms with Crippen LogP contribution in [0.15, 0.2) is 6.07 Å². The molecule has 1 aromatic heterocycles. The van der Waals surface area contributed by atoms with Gasteiger partial charge in [-0.1, -0.05) is 0 Å². The van der Waals surface area contributed by atoms with Crippen molar-refractivity contribution in [2.45, 2.75) is 13.3 Å². The molecule has 0 aliphatic rings. The summed E-state index contributed by atoms with van der Waals surface area (Å²) in [7, 11) is 3.23. The molecule has 0 aliphatic carbocycles. The lowest BCUT2D eigenvalue weighted by atomic mass is 10.1. The smallest absolute Gasteiger partial charge is 0.220 e. The molecule has 0 amide bonds. The number of aryl methyl sites for hydroxylation is 1. The van der Waals surface area contributed by atoms with E-state index in [2.05, 4.69) is 4.98 Å². The van der Waals surface area contributed by atoms with Crippen LogP contribution < -0.4 is 15.2 Å². The number of methoxy groups -OCH3 is 2. The van der Waals surface area contributed by atoms with Crippen LogP contribution in [0.25, 0.3) is 0 Å². The van der Waals surface area contributed by atoms with Crippen LogP contribution in [0.4, 0.5) is 0 Å². The maximum absolute atomic E-state index is 5.51. The van der Waals surface area contributed by atoms with E-state index >= 15 is 0 Å². The average Bonchev–Trinajstić information content (AvgIpc) is 2.20. The number of aromatic nitrogens is 1. The van der Waals surface area contributed by atoms with Crippen molar-refractivity contribution >= 4 is 0 Å². The Morgan fingerprint density at radius 3 is 2.57 bits per heavy atom. The largest absolute Gasteiger partial charge is 0.496 e. The van der Waals surface area contributed by atoms with Crippen LogP contribution in [-0.4, -0.2) is 25.7 Å². The van der Waals surface area contributed by atoms with E-state index in [1.165, 1.54) is 0 Å². The van der Waals surface area contributed by atoms with Gasteiger partial charge in [-0.3, -0.25) is 0 Å². The quantitative estimate of drug-likeness (QED) is 0.777. The lowest BCUT2D eigenvalue weighted by Crippen LogP contribution is -2.07. The number of hydrogen-bond donors (Lipinski definition) is 1. The first-order valence-corrected chi connectivity index (χ1v) is 4.51. The van der Waals surface area contributed by atoms with E-state index in [1.54, 1.807) is 14.2 Å². The monoisotopic (exact) mass is 196 g/mol. The van der Waals surface area contributed by atoms with Crippen molar-refractivity contribution in [2.75, 3.05) is 20.8 Å². The van der Waals surface area contributed by atoms with Crippen LogP contribution in [0.3, 0.4) is 0 Å². The Morgan fingerprint density at radius 2 is 2.07 bits per heavy atom. The highest BCUT2D eigenvalue weighted by Crippen LogP contribution is 2.27. The molecular formula is C10H16N2O2. The third-order valence-corrected chi connectivity index (χ3v) is 1.98. The summed E-state index contributed by atoms with van der Waals surface area (Å²) in [5, 5.41) is 0. The van der Waals surface area contributed by atoms with Gasteiger partial charge in [0.15, 0.2) is 0 Å². The van der Waals surface area contributed by atoms with Gasteiger partial charge in [-0.05, 0) is 19.9 Å². The molecule has 0 saturated carbocycles. The fourth-order valence-electron chi connectivity index (χ4n) is 1.37. The Bertz CT molecular complexity index is 288. The SMILES string of the molecule is COc1cc(C)nc(OC)c1CCN. The molecule has 0 spiro atoms. The maximum atomic E-state index is 5.51. The molecule has 0 fully saturated rings. The van der Waals surface area contributed by atoms with Gasteiger partial charge in [-0.25, -0.2) is 4.98 Å². The second kappa shape index (κ2) is 4.81. The van der Waals surface area contributed by atoms with E-state index in [0.717, 1.165) is 17.0 Å². The molecule has 0 radical (unpaired) electrons. The summed E-state index contributed by atoms with van der Waals surface area (Å²) in [6, 6.07) is 1.88. The first-order valence-electron chi connectivity index (χ1n) is 4.51. The average molecular weight is 196 g/mol. The number of nitrogens with zero attached hydrogens (tertiary/aromatic N) is 1. The minimum atomic E-state index is 0.553. The van der Waals surface area contributed by atoms with Crippen molar-refractivity contribution in [1.29, 1.82) is 0 Å². The Hall–Kier alpha value is -1.29. The van der Waals surface area contributed by atoms with Crippen molar-refractivity contribution < 1.29 is 9.47 Å². The third-order valence-electron chi connectivity index (χ3n) is 1.98. The summed E-state index contributed by atoms with van der Waals surface area (Å²) in [5.41, 5.74) is 7.31. The summed E-state index contributed by atoms with van der Waals surface area (Å²) in [4.78, 5) is 4.26. The van der Waals surface area contributed by atoms with Crippen molar-refractivity contribution in [2.24, 2.45) is 5.73 Å². The molecule has 0 unspecified atom stereocenters. The van der Waals surface area contributed by atoms with Gasteiger partial charge >= 0.3 is 0 Å². The topological polar surface area (TPSA) is 57.4 Å². The molecule has 78 valence electrons. The molecule has 0 aromatic carbocycles. The first kappa shape index (κ1) is 10.8. The van der Waals surface area contributed by atoms with E-state index in [-0.39, 0.29) is 0 Å². The summed E-state index contributed by atoms with van der Waals surface area (Å²) in [5.74, 6) is 1.40. The Labute approximate surface area is 84.0 Å². The van der Waals surface area contributed by atoms with E-state index in [1.807, 2.05) is 13.0 Å². The highest BCUT2D eigenvalue weighted by molar-refractivity contribution is 5.42. The van der Waals surface area contributed by atoms with E-state index in [4.69, 9.17) is 15.2 Å². The van der Waals surface area contributed by atoms with Crippen LogP contribution in [0, 0.1) is 6.92 Å². The number of nitrogens with two attached hydrogens (primary N) is 1. The van der Waals surface area contributed by atoms with Crippen molar-refractivity contribution in [1.82, 2.24) is 4.98 Å². The van der Waals surface area contributed by atoms with Crippen molar-refractivity contribution in [3.8, 4) is 11.6 Å². The molecule has 1 aromatic rings. The van der Waals surface area contributed by atoms with Crippen LogP contribution in [0.2, 0.25) is 0 Å². The zero-order valence-corrected chi connectivity index (χ0v) is 8.83. The second-order valence-corrected chi connectivity index (χ2v) is 2.99. The number of pyridine rings is 1. The molecule has 0 bridgehead atoms. The minimum absolute atomic E-state index is 0.553. The molecule has 0 saturated heterocycles. The van der Waals surface area contributed by atoms with Gasteiger partial charge in [0.25, 0.3) is 0 Å². The van der Waals surface area contributed by atoms with E-state index in [0.29, 0.717) is 18.8 Å².